The molecule has 0 aromatic carbocycles. The quantitative estimate of drug-likeness (QED) is 0.825. The van der Waals surface area contributed by atoms with Crippen LogP contribution in [0.5, 0.6) is 0 Å². The highest BCUT2D eigenvalue weighted by atomic mass is 16.2. The van der Waals surface area contributed by atoms with Crippen LogP contribution in [0.25, 0.3) is 0 Å². The van der Waals surface area contributed by atoms with Crippen molar-refractivity contribution >= 4 is 5.91 Å². The molecule has 2 heterocycles. The maximum absolute atomic E-state index is 12.5. The third-order valence-corrected chi connectivity index (χ3v) is 3.82. The largest absolute Gasteiger partial charge is 0.332 e. The molecule has 0 aliphatic carbocycles. The molecule has 18 heavy (non-hydrogen) atoms. The Morgan fingerprint density at radius 3 is 2.83 bits per heavy atom. The van der Waals surface area contributed by atoms with Crippen LogP contribution in [0.2, 0.25) is 0 Å². The number of hydrogen-bond acceptors (Lipinski definition) is 3. The summed E-state index contributed by atoms with van der Waals surface area (Å²) in [6, 6.07) is 0.663. The topological polar surface area (TPSA) is 51.0 Å². The lowest BCUT2D eigenvalue weighted by molar-refractivity contribution is 0.0467. The van der Waals surface area contributed by atoms with Crippen molar-refractivity contribution in [1.29, 1.82) is 0 Å². The molecule has 0 spiro atoms. The minimum absolute atomic E-state index is 0.0359. The average molecular weight is 250 g/mol. The van der Waals surface area contributed by atoms with Crippen LogP contribution in [0.1, 0.15) is 56.9 Å². The van der Waals surface area contributed by atoms with Gasteiger partial charge in [0.05, 0.1) is 6.20 Å². The van der Waals surface area contributed by atoms with Crippen LogP contribution in [0.15, 0.2) is 6.20 Å². The normalized spacial score (nSPS) is 24.3. The van der Waals surface area contributed by atoms with Gasteiger partial charge < -0.3 is 4.90 Å². The first-order chi connectivity index (χ1) is 8.67. The van der Waals surface area contributed by atoms with Crippen LogP contribution in [0.4, 0.5) is 0 Å². The lowest BCUT2D eigenvalue weighted by Crippen LogP contribution is -2.48. The number of carbonyl (C=O) groups excluding carboxylic acids is 1. The monoisotopic (exact) mass is 250 g/mol. The third-order valence-electron chi connectivity index (χ3n) is 3.82. The van der Waals surface area contributed by atoms with E-state index < -0.39 is 0 Å². The van der Waals surface area contributed by atoms with Crippen molar-refractivity contribution < 1.29 is 4.79 Å². The second-order valence-corrected chi connectivity index (χ2v) is 5.01. The summed E-state index contributed by atoms with van der Waals surface area (Å²) in [4.78, 5) is 14.5. The predicted molar refractivity (Wildman–Crippen MR) is 69.3 cm³/mol. The van der Waals surface area contributed by atoms with Crippen LogP contribution in [-0.2, 0) is 6.54 Å². The van der Waals surface area contributed by atoms with Gasteiger partial charge in [0.15, 0.2) is 5.69 Å². The second kappa shape index (κ2) is 5.50. The predicted octanol–water partition coefficient (Wildman–Crippen LogP) is 2.09. The van der Waals surface area contributed by atoms with Crippen LogP contribution < -0.4 is 0 Å². The molecule has 0 radical (unpaired) electrons. The van der Waals surface area contributed by atoms with E-state index >= 15 is 0 Å². The number of aromatic nitrogens is 3. The zero-order valence-electron chi connectivity index (χ0n) is 11.5. The van der Waals surface area contributed by atoms with Gasteiger partial charge in [-0.25, -0.2) is 0 Å². The van der Waals surface area contributed by atoms with Crippen molar-refractivity contribution in [3.8, 4) is 0 Å². The summed E-state index contributed by atoms with van der Waals surface area (Å²) in [6.07, 6.45) is 6.16. The SMILES string of the molecule is CC[C@@H]1CCC[C@H](C)N1C(=O)c1cn(CC)nn1. The Labute approximate surface area is 108 Å². The minimum atomic E-state index is 0.0359. The summed E-state index contributed by atoms with van der Waals surface area (Å²) >= 11 is 0. The van der Waals surface area contributed by atoms with Gasteiger partial charge >= 0.3 is 0 Å². The Kier molecular flexibility index (Phi) is 3.99. The van der Waals surface area contributed by atoms with E-state index in [0.717, 1.165) is 25.8 Å². The highest BCUT2D eigenvalue weighted by Gasteiger charge is 2.32. The molecule has 1 fully saturated rings. The van der Waals surface area contributed by atoms with Gasteiger partial charge in [0, 0.05) is 18.6 Å². The Bertz CT molecular complexity index is 415. The molecule has 1 saturated heterocycles. The second-order valence-electron chi connectivity index (χ2n) is 5.01. The summed E-state index contributed by atoms with van der Waals surface area (Å²) in [5, 5.41) is 7.93. The minimum Gasteiger partial charge on any atom is -0.332 e. The Morgan fingerprint density at radius 2 is 2.22 bits per heavy atom. The van der Waals surface area contributed by atoms with Crippen molar-refractivity contribution in [2.24, 2.45) is 0 Å². The number of aryl methyl sites for hydroxylation is 1. The molecule has 0 unspecified atom stereocenters. The summed E-state index contributed by atoms with van der Waals surface area (Å²) < 4.78 is 1.70. The fourth-order valence-electron chi connectivity index (χ4n) is 2.74. The molecule has 1 aliphatic heterocycles. The van der Waals surface area contributed by atoms with Gasteiger partial charge in [0.1, 0.15) is 0 Å². The Hall–Kier alpha value is -1.39. The summed E-state index contributed by atoms with van der Waals surface area (Å²) in [5.41, 5.74) is 0.476. The van der Waals surface area contributed by atoms with Crippen molar-refractivity contribution in [2.75, 3.05) is 0 Å². The molecule has 0 N–H and O–H groups in total. The number of carbonyl (C=O) groups is 1. The number of hydrogen-bond donors (Lipinski definition) is 0. The van der Waals surface area contributed by atoms with E-state index in [9.17, 15) is 4.79 Å². The van der Waals surface area contributed by atoms with Crippen molar-refractivity contribution in [3.63, 3.8) is 0 Å². The Morgan fingerprint density at radius 1 is 1.44 bits per heavy atom. The first-order valence-corrected chi connectivity index (χ1v) is 6.90. The molecule has 1 amide bonds. The fourth-order valence-corrected chi connectivity index (χ4v) is 2.74. The van der Waals surface area contributed by atoms with Crippen LogP contribution in [0, 0.1) is 0 Å². The molecule has 1 aromatic heterocycles. The van der Waals surface area contributed by atoms with Gasteiger partial charge in [-0.05, 0) is 39.5 Å². The van der Waals surface area contributed by atoms with Crippen molar-refractivity contribution in [3.05, 3.63) is 11.9 Å². The molecule has 0 bridgehead atoms. The lowest BCUT2D eigenvalue weighted by atomic mass is 9.94. The van der Waals surface area contributed by atoms with Crippen LogP contribution >= 0.6 is 0 Å². The van der Waals surface area contributed by atoms with E-state index in [-0.39, 0.29) is 5.91 Å². The van der Waals surface area contributed by atoms with Crippen LogP contribution in [-0.4, -0.2) is 37.9 Å². The van der Waals surface area contributed by atoms with Crippen molar-refractivity contribution in [1.82, 2.24) is 19.9 Å². The average Bonchev–Trinajstić information content (AvgIpc) is 2.86. The lowest BCUT2D eigenvalue weighted by Gasteiger charge is -2.40. The molecule has 2 rings (SSSR count). The van der Waals surface area contributed by atoms with E-state index in [0.29, 0.717) is 17.8 Å². The highest BCUT2D eigenvalue weighted by molar-refractivity contribution is 5.92. The molecule has 100 valence electrons. The summed E-state index contributed by atoms with van der Waals surface area (Å²) in [5.74, 6) is 0.0359. The number of piperidine rings is 1. The molecule has 2 atom stereocenters. The highest BCUT2D eigenvalue weighted by Crippen LogP contribution is 2.26. The molecule has 0 saturated carbocycles. The van der Waals surface area contributed by atoms with Crippen LogP contribution in [0.3, 0.4) is 0 Å². The van der Waals surface area contributed by atoms with Gasteiger partial charge in [-0.2, -0.15) is 0 Å². The van der Waals surface area contributed by atoms with E-state index in [2.05, 4.69) is 24.2 Å². The standard InChI is InChI=1S/C13H22N4O/c1-4-11-8-6-7-10(3)17(11)13(18)12-9-16(5-2)15-14-12/h9-11H,4-8H2,1-3H3/t10-,11+/m0/s1. The van der Waals surface area contributed by atoms with Gasteiger partial charge in [-0.3, -0.25) is 9.48 Å². The van der Waals surface area contributed by atoms with Crippen molar-refractivity contribution in [2.45, 2.75) is 65.1 Å². The first kappa shape index (κ1) is 13.1. The number of nitrogens with zero attached hydrogens (tertiary/aromatic N) is 4. The molecular weight excluding hydrogens is 228 g/mol. The maximum Gasteiger partial charge on any atom is 0.276 e. The van der Waals surface area contributed by atoms with E-state index in [1.807, 2.05) is 11.8 Å². The molecular formula is C13H22N4O. The molecule has 1 aromatic rings. The zero-order valence-corrected chi connectivity index (χ0v) is 11.5. The molecule has 1 aliphatic rings. The molecule has 5 nitrogen and oxygen atoms in total. The molecule has 5 heteroatoms. The van der Waals surface area contributed by atoms with E-state index in [4.69, 9.17) is 0 Å². The number of amides is 1. The Balaban J connectivity index is 2.19. The fraction of sp³-hybridized carbons (Fsp3) is 0.769. The van der Waals surface area contributed by atoms with Gasteiger partial charge in [0.25, 0.3) is 5.91 Å². The third kappa shape index (κ3) is 2.40. The summed E-state index contributed by atoms with van der Waals surface area (Å²) in [6.45, 7) is 7.00. The first-order valence-electron chi connectivity index (χ1n) is 6.90. The van der Waals surface area contributed by atoms with Gasteiger partial charge in [0.2, 0.25) is 0 Å². The smallest absolute Gasteiger partial charge is 0.276 e. The van der Waals surface area contributed by atoms with Gasteiger partial charge in [-0.15, -0.1) is 5.10 Å². The zero-order chi connectivity index (χ0) is 13.1. The van der Waals surface area contributed by atoms with E-state index in [1.54, 1.807) is 10.9 Å². The van der Waals surface area contributed by atoms with Gasteiger partial charge in [-0.1, -0.05) is 12.1 Å². The van der Waals surface area contributed by atoms with E-state index in [1.165, 1.54) is 6.42 Å². The summed E-state index contributed by atoms with van der Waals surface area (Å²) in [7, 11) is 0. The number of rotatable bonds is 3. The number of likely N-dealkylation sites (tertiary alicyclic amines) is 1. The maximum atomic E-state index is 12.5.